The summed E-state index contributed by atoms with van der Waals surface area (Å²) in [6, 6.07) is 18.6. The molecule has 23 heavy (non-hydrogen) atoms. The molecule has 4 rings (SSSR count). The fourth-order valence-electron chi connectivity index (χ4n) is 2.81. The second-order valence-corrected chi connectivity index (χ2v) is 6.10. The van der Waals surface area contributed by atoms with Gasteiger partial charge in [-0.1, -0.05) is 43.0 Å². The van der Waals surface area contributed by atoms with Gasteiger partial charge < -0.3 is 4.90 Å². The minimum absolute atomic E-state index is 0.525. The zero-order chi connectivity index (χ0) is 16.4. The van der Waals surface area contributed by atoms with Crippen LogP contribution in [0.2, 0.25) is 0 Å². The second kappa shape index (κ2) is 6.39. The van der Waals surface area contributed by atoms with Crippen LogP contribution in [0.5, 0.6) is 0 Å². The maximum Gasteiger partial charge on any atom is 0.0787 e. The lowest BCUT2D eigenvalue weighted by molar-refractivity contribution is 0.217. The van der Waals surface area contributed by atoms with E-state index in [0.717, 1.165) is 17.6 Å². The quantitative estimate of drug-likeness (QED) is 0.583. The third-order valence-corrected chi connectivity index (χ3v) is 4.55. The van der Waals surface area contributed by atoms with E-state index in [1.54, 1.807) is 0 Å². The fraction of sp³-hybridized carbons (Fsp3) is 0.250. The lowest BCUT2D eigenvalue weighted by atomic mass is 10.1. The molecule has 3 aromatic rings. The van der Waals surface area contributed by atoms with Gasteiger partial charge in [0, 0.05) is 30.1 Å². The topological polar surface area (TPSA) is 19.4 Å². The third kappa shape index (κ3) is 3.20. The van der Waals surface area contributed by atoms with Crippen molar-refractivity contribution in [2.75, 3.05) is 20.6 Å². The summed E-state index contributed by atoms with van der Waals surface area (Å²) in [5.41, 5.74) is 3.34. The zero-order valence-corrected chi connectivity index (χ0v) is 14.0. The maximum absolute atomic E-state index is 4.58. The summed E-state index contributed by atoms with van der Waals surface area (Å²) in [4.78, 5) is 9.04. The summed E-state index contributed by atoms with van der Waals surface area (Å²) in [6.07, 6.45) is 0.525. The minimum Gasteiger partial charge on any atom is -0.362 e. The van der Waals surface area contributed by atoms with Crippen molar-refractivity contribution in [1.29, 1.82) is 0 Å². The Kier molecular flexibility index (Phi) is 4.30. The average molecular weight is 305 g/mol. The highest BCUT2D eigenvalue weighted by molar-refractivity contribution is 5.92. The van der Waals surface area contributed by atoms with Crippen molar-refractivity contribution in [3.8, 4) is 0 Å². The molecule has 0 amide bonds. The van der Waals surface area contributed by atoms with Crippen LogP contribution in [0.1, 0.15) is 6.92 Å². The van der Waals surface area contributed by atoms with Crippen molar-refractivity contribution >= 4 is 21.8 Å². The Morgan fingerprint density at radius 3 is 1.87 bits per heavy atom. The van der Waals surface area contributed by atoms with Gasteiger partial charge in [-0.2, -0.15) is 0 Å². The van der Waals surface area contributed by atoms with Gasteiger partial charge in [-0.3, -0.25) is 4.90 Å². The van der Waals surface area contributed by atoms with Crippen LogP contribution in [0.4, 0.5) is 0 Å². The first-order chi connectivity index (χ1) is 11.1. The van der Waals surface area contributed by atoms with Gasteiger partial charge >= 0.3 is 0 Å². The highest BCUT2D eigenvalue weighted by Crippen LogP contribution is 2.18. The van der Waals surface area contributed by atoms with E-state index in [1.807, 2.05) is 36.4 Å². The molecular weight excluding hydrogens is 282 g/mol. The second-order valence-electron chi connectivity index (χ2n) is 6.10. The molecule has 1 aromatic heterocycles. The first-order valence-corrected chi connectivity index (χ1v) is 7.91. The standard InChI is InChI=1S/C13H9N.C7H14N2/c1-3-7-12-10(5-1)9-11-6-2-4-8-13(11)14-12;1-6-5-8(3)7(2)9(6)4/h1-9H;7H,1,5H2,2-4H3. The molecule has 1 atom stereocenters. The van der Waals surface area contributed by atoms with E-state index in [9.17, 15) is 0 Å². The van der Waals surface area contributed by atoms with Crippen LogP contribution in [0.15, 0.2) is 66.9 Å². The fourth-order valence-corrected chi connectivity index (χ4v) is 2.81. The normalized spacial score (nSPS) is 18.3. The van der Waals surface area contributed by atoms with Crippen LogP contribution in [-0.2, 0) is 0 Å². The van der Waals surface area contributed by atoms with E-state index in [4.69, 9.17) is 0 Å². The van der Waals surface area contributed by atoms with Gasteiger partial charge in [-0.05, 0) is 32.2 Å². The molecule has 118 valence electrons. The molecular formula is C20H23N3. The molecule has 2 heterocycles. The van der Waals surface area contributed by atoms with Gasteiger partial charge in [0.05, 0.1) is 17.2 Å². The van der Waals surface area contributed by atoms with E-state index in [2.05, 4.69) is 60.6 Å². The van der Waals surface area contributed by atoms with Crippen LogP contribution >= 0.6 is 0 Å². The molecule has 0 aliphatic carbocycles. The molecule has 3 nitrogen and oxygen atoms in total. The van der Waals surface area contributed by atoms with Gasteiger partial charge in [0.2, 0.25) is 0 Å². The molecule has 0 saturated carbocycles. The highest BCUT2D eigenvalue weighted by atomic mass is 15.4. The number of fused-ring (bicyclic) bond motifs is 2. The van der Waals surface area contributed by atoms with Crippen molar-refractivity contribution < 1.29 is 0 Å². The molecule has 0 N–H and O–H groups in total. The first kappa shape index (κ1) is 15.5. The summed E-state index contributed by atoms with van der Waals surface area (Å²) in [7, 11) is 4.19. The SMILES string of the molecule is C=C1CN(C)C(C)N1C.c1ccc2nc3ccccc3cc2c1. The van der Waals surface area contributed by atoms with Crippen LogP contribution in [0.3, 0.4) is 0 Å². The van der Waals surface area contributed by atoms with Crippen LogP contribution < -0.4 is 0 Å². The van der Waals surface area contributed by atoms with Gasteiger partial charge in [0.25, 0.3) is 0 Å². The largest absolute Gasteiger partial charge is 0.362 e. The number of likely N-dealkylation sites (N-methyl/N-ethyl adjacent to an activating group) is 2. The number of nitrogens with zero attached hydrogens (tertiary/aromatic N) is 3. The summed E-state index contributed by atoms with van der Waals surface area (Å²) >= 11 is 0. The highest BCUT2D eigenvalue weighted by Gasteiger charge is 2.23. The van der Waals surface area contributed by atoms with Crippen molar-refractivity contribution in [2.45, 2.75) is 13.1 Å². The summed E-state index contributed by atoms with van der Waals surface area (Å²) < 4.78 is 0. The molecule has 0 bridgehead atoms. The summed E-state index contributed by atoms with van der Waals surface area (Å²) in [5.74, 6) is 0. The van der Waals surface area contributed by atoms with Crippen molar-refractivity contribution in [3.05, 3.63) is 66.9 Å². The number of pyridine rings is 1. The van der Waals surface area contributed by atoms with Gasteiger partial charge in [-0.25, -0.2) is 4.98 Å². The van der Waals surface area contributed by atoms with Crippen LogP contribution in [-0.4, -0.2) is 41.6 Å². The Morgan fingerprint density at radius 1 is 0.957 bits per heavy atom. The lowest BCUT2D eigenvalue weighted by Crippen LogP contribution is -2.30. The molecule has 1 fully saturated rings. The molecule has 1 aliphatic heterocycles. The van der Waals surface area contributed by atoms with Gasteiger partial charge in [-0.15, -0.1) is 0 Å². The number of rotatable bonds is 0. The molecule has 1 unspecified atom stereocenters. The number of hydrogen-bond donors (Lipinski definition) is 0. The Morgan fingerprint density at radius 2 is 1.48 bits per heavy atom. The smallest absolute Gasteiger partial charge is 0.0787 e. The Balaban J connectivity index is 0.000000151. The minimum atomic E-state index is 0.525. The molecule has 0 radical (unpaired) electrons. The number of aromatic nitrogens is 1. The zero-order valence-electron chi connectivity index (χ0n) is 14.0. The van der Waals surface area contributed by atoms with E-state index in [1.165, 1.54) is 16.5 Å². The number of benzene rings is 2. The van der Waals surface area contributed by atoms with Crippen LogP contribution in [0, 0.1) is 0 Å². The third-order valence-electron chi connectivity index (χ3n) is 4.55. The maximum atomic E-state index is 4.58. The summed E-state index contributed by atoms with van der Waals surface area (Å²) in [6.45, 7) is 7.11. The predicted molar refractivity (Wildman–Crippen MR) is 98.2 cm³/mol. The van der Waals surface area contributed by atoms with Crippen molar-refractivity contribution in [2.24, 2.45) is 0 Å². The molecule has 1 saturated heterocycles. The van der Waals surface area contributed by atoms with Crippen LogP contribution in [0.25, 0.3) is 21.8 Å². The monoisotopic (exact) mass is 305 g/mol. The number of para-hydroxylation sites is 2. The van der Waals surface area contributed by atoms with E-state index in [-0.39, 0.29) is 0 Å². The summed E-state index contributed by atoms with van der Waals surface area (Å²) in [5, 5.41) is 2.40. The Hall–Kier alpha value is -2.39. The van der Waals surface area contributed by atoms with E-state index < -0.39 is 0 Å². The number of hydrogen-bond acceptors (Lipinski definition) is 3. The Bertz CT molecular complexity index is 735. The Labute approximate surface area is 137 Å². The molecule has 3 heteroatoms. The lowest BCUT2D eigenvalue weighted by Gasteiger charge is -2.20. The van der Waals surface area contributed by atoms with E-state index in [0.29, 0.717) is 6.17 Å². The van der Waals surface area contributed by atoms with Gasteiger partial charge in [0.15, 0.2) is 0 Å². The average Bonchev–Trinajstić information content (AvgIpc) is 2.79. The molecule has 0 spiro atoms. The first-order valence-electron chi connectivity index (χ1n) is 7.91. The van der Waals surface area contributed by atoms with Crippen molar-refractivity contribution in [3.63, 3.8) is 0 Å². The van der Waals surface area contributed by atoms with Crippen molar-refractivity contribution in [1.82, 2.24) is 14.8 Å². The van der Waals surface area contributed by atoms with E-state index >= 15 is 0 Å². The predicted octanol–water partition coefficient (Wildman–Crippen LogP) is 4.11. The molecule has 1 aliphatic rings. The molecule has 2 aromatic carbocycles. The van der Waals surface area contributed by atoms with Gasteiger partial charge in [0.1, 0.15) is 0 Å².